The number of nitrogens with zero attached hydrogens (tertiary/aromatic N) is 3. The van der Waals surface area contributed by atoms with Crippen LogP contribution in [0.1, 0.15) is 23.1 Å². The molecule has 0 aliphatic carbocycles. The second-order valence-electron chi connectivity index (χ2n) is 6.10. The molecule has 21 heavy (non-hydrogen) atoms. The molecule has 0 saturated heterocycles. The summed E-state index contributed by atoms with van der Waals surface area (Å²) in [7, 11) is 2.21. The summed E-state index contributed by atoms with van der Waals surface area (Å²) >= 11 is 0. The molecule has 0 fully saturated rings. The van der Waals surface area contributed by atoms with E-state index < -0.39 is 0 Å². The standard InChI is InChI=1S/C17H22N4/c1-20-10-2-4-14-12-13-5-8-18-9-6-15(13)17(16(14)20)21-11-3-7-19-21/h3,7,11-12,18H,2,4-6,8-10H2,1H3. The number of nitrogens with one attached hydrogen (secondary N) is 1. The van der Waals surface area contributed by atoms with Crippen LogP contribution in [-0.2, 0) is 19.3 Å². The lowest BCUT2D eigenvalue weighted by Crippen LogP contribution is -2.27. The Hall–Kier alpha value is -1.81. The van der Waals surface area contributed by atoms with Crippen LogP contribution in [-0.4, -0.2) is 36.5 Å². The highest BCUT2D eigenvalue weighted by molar-refractivity contribution is 5.73. The van der Waals surface area contributed by atoms with Crippen molar-refractivity contribution in [1.29, 1.82) is 0 Å². The van der Waals surface area contributed by atoms with Crippen molar-refractivity contribution in [2.24, 2.45) is 0 Å². The van der Waals surface area contributed by atoms with Crippen molar-refractivity contribution in [3.8, 4) is 5.69 Å². The second-order valence-corrected chi connectivity index (χ2v) is 6.10. The third-order valence-electron chi connectivity index (χ3n) is 4.73. The van der Waals surface area contributed by atoms with Crippen LogP contribution in [0.15, 0.2) is 24.5 Å². The summed E-state index contributed by atoms with van der Waals surface area (Å²) in [5.74, 6) is 0. The van der Waals surface area contributed by atoms with Gasteiger partial charge in [-0.1, -0.05) is 6.07 Å². The predicted octanol–water partition coefficient (Wildman–Crippen LogP) is 1.94. The molecular weight excluding hydrogens is 260 g/mol. The highest BCUT2D eigenvalue weighted by Crippen LogP contribution is 2.37. The van der Waals surface area contributed by atoms with Gasteiger partial charge in [0.2, 0.25) is 0 Å². The number of aryl methyl sites for hydroxylation is 1. The van der Waals surface area contributed by atoms with Crippen LogP contribution < -0.4 is 10.2 Å². The summed E-state index contributed by atoms with van der Waals surface area (Å²) in [5, 5.41) is 8.06. The Morgan fingerprint density at radius 2 is 2.00 bits per heavy atom. The largest absolute Gasteiger partial charge is 0.373 e. The van der Waals surface area contributed by atoms with Crippen LogP contribution in [0.5, 0.6) is 0 Å². The van der Waals surface area contributed by atoms with Crippen LogP contribution in [0.3, 0.4) is 0 Å². The minimum atomic E-state index is 1.06. The molecule has 0 saturated carbocycles. The molecule has 4 nitrogen and oxygen atoms in total. The number of fused-ring (bicyclic) bond motifs is 2. The van der Waals surface area contributed by atoms with E-state index in [2.05, 4.69) is 39.3 Å². The number of benzene rings is 1. The van der Waals surface area contributed by atoms with Gasteiger partial charge in [0.25, 0.3) is 0 Å². The zero-order chi connectivity index (χ0) is 14.2. The van der Waals surface area contributed by atoms with Gasteiger partial charge in [0.15, 0.2) is 0 Å². The molecular formula is C17H22N4. The van der Waals surface area contributed by atoms with E-state index in [0.717, 1.165) is 32.5 Å². The van der Waals surface area contributed by atoms with Gasteiger partial charge in [-0.2, -0.15) is 5.10 Å². The van der Waals surface area contributed by atoms with E-state index >= 15 is 0 Å². The normalized spacial score (nSPS) is 18.0. The molecule has 0 atom stereocenters. The topological polar surface area (TPSA) is 33.1 Å². The first kappa shape index (κ1) is 12.9. The highest BCUT2D eigenvalue weighted by Gasteiger charge is 2.25. The highest BCUT2D eigenvalue weighted by atomic mass is 15.3. The van der Waals surface area contributed by atoms with E-state index in [0.29, 0.717) is 0 Å². The maximum absolute atomic E-state index is 4.54. The minimum Gasteiger partial charge on any atom is -0.373 e. The van der Waals surface area contributed by atoms with E-state index in [4.69, 9.17) is 0 Å². The average molecular weight is 282 g/mol. The quantitative estimate of drug-likeness (QED) is 0.868. The fraction of sp³-hybridized carbons (Fsp3) is 0.471. The number of hydrogen-bond acceptors (Lipinski definition) is 3. The maximum Gasteiger partial charge on any atom is 0.0916 e. The summed E-state index contributed by atoms with van der Waals surface area (Å²) < 4.78 is 2.07. The molecule has 4 heteroatoms. The first-order valence-electron chi connectivity index (χ1n) is 7.94. The first-order valence-corrected chi connectivity index (χ1v) is 7.94. The Morgan fingerprint density at radius 3 is 2.86 bits per heavy atom. The molecule has 1 N–H and O–H groups in total. The lowest BCUT2D eigenvalue weighted by Gasteiger charge is -2.32. The third kappa shape index (κ3) is 2.14. The molecule has 0 unspecified atom stereocenters. The summed E-state index contributed by atoms with van der Waals surface area (Å²) in [6.07, 6.45) is 8.61. The predicted molar refractivity (Wildman–Crippen MR) is 85.4 cm³/mol. The fourth-order valence-corrected chi connectivity index (χ4v) is 3.76. The smallest absolute Gasteiger partial charge is 0.0916 e. The third-order valence-corrected chi connectivity index (χ3v) is 4.73. The van der Waals surface area contributed by atoms with Gasteiger partial charge in [-0.3, -0.25) is 0 Å². The minimum absolute atomic E-state index is 1.06. The molecule has 1 aromatic heterocycles. The van der Waals surface area contributed by atoms with Crippen molar-refractivity contribution in [2.75, 3.05) is 31.6 Å². The molecule has 0 spiro atoms. The number of rotatable bonds is 1. The van der Waals surface area contributed by atoms with Crippen molar-refractivity contribution in [2.45, 2.75) is 25.7 Å². The molecule has 0 amide bonds. The SMILES string of the molecule is CN1CCCc2cc3c(c(-n4cccn4)c21)CCNCC3. The van der Waals surface area contributed by atoms with Crippen LogP contribution in [0, 0.1) is 0 Å². The number of hydrogen-bond donors (Lipinski definition) is 1. The monoisotopic (exact) mass is 282 g/mol. The lowest BCUT2D eigenvalue weighted by atomic mass is 9.91. The molecule has 110 valence electrons. The Kier molecular flexibility index (Phi) is 3.19. The van der Waals surface area contributed by atoms with E-state index in [1.54, 1.807) is 0 Å². The van der Waals surface area contributed by atoms with Gasteiger partial charge in [-0.15, -0.1) is 0 Å². The first-order chi connectivity index (χ1) is 10.3. The summed E-state index contributed by atoms with van der Waals surface area (Å²) in [4.78, 5) is 2.41. The van der Waals surface area contributed by atoms with Crippen molar-refractivity contribution in [3.05, 3.63) is 41.2 Å². The molecule has 2 aliphatic heterocycles. The van der Waals surface area contributed by atoms with Gasteiger partial charge < -0.3 is 10.2 Å². The molecule has 2 aliphatic rings. The average Bonchev–Trinajstić information content (AvgIpc) is 2.91. The van der Waals surface area contributed by atoms with Gasteiger partial charge in [0.1, 0.15) is 0 Å². The van der Waals surface area contributed by atoms with Crippen molar-refractivity contribution in [3.63, 3.8) is 0 Å². The molecule has 0 bridgehead atoms. The van der Waals surface area contributed by atoms with Gasteiger partial charge in [-0.05, 0) is 61.5 Å². The van der Waals surface area contributed by atoms with Crippen molar-refractivity contribution < 1.29 is 0 Å². The van der Waals surface area contributed by atoms with Crippen LogP contribution in [0.4, 0.5) is 5.69 Å². The lowest BCUT2D eigenvalue weighted by molar-refractivity contribution is 0.709. The van der Waals surface area contributed by atoms with Crippen LogP contribution in [0.2, 0.25) is 0 Å². The Labute approximate surface area is 125 Å². The molecule has 1 aromatic carbocycles. The van der Waals surface area contributed by atoms with E-state index in [-0.39, 0.29) is 0 Å². The number of aromatic nitrogens is 2. The Morgan fingerprint density at radius 1 is 1.10 bits per heavy atom. The summed E-state index contributed by atoms with van der Waals surface area (Å²) in [5.41, 5.74) is 7.20. The Bertz CT molecular complexity index is 645. The zero-order valence-corrected chi connectivity index (χ0v) is 12.6. The fourth-order valence-electron chi connectivity index (χ4n) is 3.76. The number of anilines is 1. The summed E-state index contributed by atoms with van der Waals surface area (Å²) in [6, 6.07) is 4.48. The summed E-state index contributed by atoms with van der Waals surface area (Å²) in [6.45, 7) is 3.28. The van der Waals surface area contributed by atoms with Gasteiger partial charge in [-0.25, -0.2) is 4.68 Å². The van der Waals surface area contributed by atoms with Crippen molar-refractivity contribution in [1.82, 2.24) is 15.1 Å². The molecule has 0 radical (unpaired) electrons. The van der Waals surface area contributed by atoms with Crippen LogP contribution in [0.25, 0.3) is 5.69 Å². The molecule has 2 aromatic rings. The van der Waals surface area contributed by atoms with Crippen LogP contribution >= 0.6 is 0 Å². The van der Waals surface area contributed by atoms with Crippen molar-refractivity contribution >= 4 is 5.69 Å². The van der Waals surface area contributed by atoms with E-state index in [1.807, 2.05) is 12.3 Å². The van der Waals surface area contributed by atoms with Gasteiger partial charge in [0, 0.05) is 26.0 Å². The van der Waals surface area contributed by atoms with E-state index in [9.17, 15) is 0 Å². The second kappa shape index (κ2) is 5.19. The zero-order valence-electron chi connectivity index (χ0n) is 12.6. The van der Waals surface area contributed by atoms with Gasteiger partial charge in [0.05, 0.1) is 11.4 Å². The van der Waals surface area contributed by atoms with E-state index in [1.165, 1.54) is 40.9 Å². The molecule has 3 heterocycles. The maximum atomic E-state index is 4.54. The molecule has 4 rings (SSSR count). The Balaban J connectivity index is 2.00. The van der Waals surface area contributed by atoms with Gasteiger partial charge >= 0.3 is 0 Å².